The van der Waals surface area contributed by atoms with E-state index in [1.54, 1.807) is 0 Å². The van der Waals surface area contributed by atoms with Gasteiger partial charge in [0.25, 0.3) is 0 Å². The van der Waals surface area contributed by atoms with Crippen LogP contribution in [0.4, 0.5) is 0 Å². The minimum atomic E-state index is -0.794. The SMILES string of the molecule is O=C(CSc1ccccc1)N[C@H]1CCCCC[C@H]1C(=O)O. The van der Waals surface area contributed by atoms with Crippen LogP contribution in [0.2, 0.25) is 0 Å². The Morgan fingerprint density at radius 1 is 1.14 bits per heavy atom. The summed E-state index contributed by atoms with van der Waals surface area (Å²) in [6.45, 7) is 0. The lowest BCUT2D eigenvalue weighted by Crippen LogP contribution is -2.43. The summed E-state index contributed by atoms with van der Waals surface area (Å²) < 4.78 is 0. The van der Waals surface area contributed by atoms with E-state index in [1.807, 2.05) is 30.3 Å². The molecule has 0 aromatic heterocycles. The molecule has 21 heavy (non-hydrogen) atoms. The van der Waals surface area contributed by atoms with Crippen LogP contribution in [0.3, 0.4) is 0 Å². The third-order valence-corrected chi connectivity index (χ3v) is 4.80. The molecular weight excluding hydrogens is 286 g/mol. The van der Waals surface area contributed by atoms with Crippen molar-refractivity contribution in [2.24, 2.45) is 5.92 Å². The van der Waals surface area contributed by atoms with Crippen LogP contribution in [-0.2, 0) is 9.59 Å². The number of carbonyl (C=O) groups is 2. The number of benzene rings is 1. The molecule has 0 heterocycles. The minimum absolute atomic E-state index is 0.0815. The Balaban J connectivity index is 1.86. The fourth-order valence-corrected chi connectivity index (χ4v) is 3.42. The van der Waals surface area contributed by atoms with Crippen molar-refractivity contribution >= 4 is 23.6 Å². The number of hydrogen-bond acceptors (Lipinski definition) is 3. The summed E-state index contributed by atoms with van der Waals surface area (Å²) in [6, 6.07) is 9.51. The van der Waals surface area contributed by atoms with E-state index in [9.17, 15) is 14.7 Å². The third kappa shape index (κ3) is 5.08. The van der Waals surface area contributed by atoms with Crippen molar-refractivity contribution in [1.82, 2.24) is 5.32 Å². The molecule has 0 spiro atoms. The smallest absolute Gasteiger partial charge is 0.308 e. The number of nitrogens with one attached hydrogen (secondary N) is 1. The van der Waals surface area contributed by atoms with Crippen molar-refractivity contribution < 1.29 is 14.7 Å². The van der Waals surface area contributed by atoms with Gasteiger partial charge in [-0.15, -0.1) is 11.8 Å². The maximum absolute atomic E-state index is 12.0. The van der Waals surface area contributed by atoms with Crippen LogP contribution < -0.4 is 5.32 Å². The van der Waals surface area contributed by atoms with E-state index < -0.39 is 11.9 Å². The second-order valence-electron chi connectivity index (χ2n) is 5.36. The Bertz CT molecular complexity index is 478. The van der Waals surface area contributed by atoms with Gasteiger partial charge in [-0.05, 0) is 25.0 Å². The molecule has 2 atom stereocenters. The van der Waals surface area contributed by atoms with E-state index in [2.05, 4.69) is 5.32 Å². The van der Waals surface area contributed by atoms with Gasteiger partial charge in [0.2, 0.25) is 5.91 Å². The van der Waals surface area contributed by atoms with E-state index in [1.165, 1.54) is 11.8 Å². The van der Waals surface area contributed by atoms with Gasteiger partial charge in [0.15, 0.2) is 0 Å². The summed E-state index contributed by atoms with van der Waals surface area (Å²) in [5.41, 5.74) is 0. The van der Waals surface area contributed by atoms with E-state index in [-0.39, 0.29) is 11.9 Å². The normalized spacial score (nSPS) is 22.3. The second-order valence-corrected chi connectivity index (χ2v) is 6.41. The zero-order valence-electron chi connectivity index (χ0n) is 12.0. The van der Waals surface area contributed by atoms with Crippen LogP contribution in [-0.4, -0.2) is 28.8 Å². The van der Waals surface area contributed by atoms with Crippen LogP contribution in [0, 0.1) is 5.92 Å². The number of carboxylic acids is 1. The maximum atomic E-state index is 12.0. The number of carboxylic acid groups (broad SMARTS) is 1. The predicted molar refractivity (Wildman–Crippen MR) is 83.3 cm³/mol. The first-order chi connectivity index (χ1) is 10.2. The van der Waals surface area contributed by atoms with Crippen molar-refractivity contribution in [3.05, 3.63) is 30.3 Å². The lowest BCUT2D eigenvalue weighted by atomic mass is 9.95. The molecule has 1 fully saturated rings. The number of thioether (sulfide) groups is 1. The summed E-state index contributed by atoms with van der Waals surface area (Å²) in [7, 11) is 0. The molecule has 1 aliphatic rings. The average Bonchev–Trinajstić information content (AvgIpc) is 2.72. The highest BCUT2D eigenvalue weighted by Crippen LogP contribution is 2.24. The van der Waals surface area contributed by atoms with Gasteiger partial charge in [0.1, 0.15) is 0 Å². The molecule has 0 unspecified atom stereocenters. The van der Waals surface area contributed by atoms with Crippen molar-refractivity contribution in [2.45, 2.75) is 43.0 Å². The standard InChI is InChI=1S/C16H21NO3S/c18-15(11-21-12-7-3-1-4-8-12)17-14-10-6-2-5-9-13(14)16(19)20/h1,3-4,7-8,13-14H,2,5-6,9-11H2,(H,17,18)(H,19,20)/t13-,14+/m1/s1. The highest BCUT2D eigenvalue weighted by atomic mass is 32.2. The lowest BCUT2D eigenvalue weighted by Gasteiger charge is -2.22. The number of aliphatic carboxylic acids is 1. The van der Waals surface area contributed by atoms with Gasteiger partial charge < -0.3 is 10.4 Å². The van der Waals surface area contributed by atoms with Gasteiger partial charge in [-0.25, -0.2) is 0 Å². The molecule has 1 aromatic carbocycles. The van der Waals surface area contributed by atoms with Crippen LogP contribution in [0.5, 0.6) is 0 Å². The summed E-state index contributed by atoms with van der Waals surface area (Å²) in [5, 5.41) is 12.2. The Hall–Kier alpha value is -1.49. The number of carbonyl (C=O) groups excluding carboxylic acids is 1. The number of rotatable bonds is 5. The van der Waals surface area contributed by atoms with Gasteiger partial charge in [0.05, 0.1) is 11.7 Å². The van der Waals surface area contributed by atoms with Crippen LogP contribution in [0.1, 0.15) is 32.1 Å². The summed E-state index contributed by atoms with van der Waals surface area (Å²) in [6.07, 6.45) is 4.39. The van der Waals surface area contributed by atoms with E-state index >= 15 is 0 Å². The van der Waals surface area contributed by atoms with Gasteiger partial charge >= 0.3 is 5.97 Å². The Labute approximate surface area is 129 Å². The minimum Gasteiger partial charge on any atom is -0.481 e. The second kappa shape index (κ2) is 8.08. The molecule has 1 aliphatic carbocycles. The molecule has 0 bridgehead atoms. The van der Waals surface area contributed by atoms with Crippen LogP contribution in [0.15, 0.2) is 35.2 Å². The van der Waals surface area contributed by atoms with E-state index in [0.717, 1.165) is 30.6 Å². The fourth-order valence-electron chi connectivity index (χ4n) is 2.69. The van der Waals surface area contributed by atoms with Crippen LogP contribution >= 0.6 is 11.8 Å². The van der Waals surface area contributed by atoms with Crippen molar-refractivity contribution in [2.75, 3.05) is 5.75 Å². The molecule has 4 nitrogen and oxygen atoms in total. The lowest BCUT2D eigenvalue weighted by molar-refractivity contribution is -0.143. The van der Waals surface area contributed by atoms with Crippen molar-refractivity contribution in [1.29, 1.82) is 0 Å². The maximum Gasteiger partial charge on any atom is 0.308 e. The molecule has 2 rings (SSSR count). The Kier molecular flexibility index (Phi) is 6.11. The van der Waals surface area contributed by atoms with E-state index in [0.29, 0.717) is 12.2 Å². The fraction of sp³-hybridized carbons (Fsp3) is 0.500. The molecular formula is C16H21NO3S. The molecule has 0 radical (unpaired) electrons. The third-order valence-electron chi connectivity index (χ3n) is 3.79. The predicted octanol–water partition coefficient (Wildman–Crippen LogP) is 2.93. The largest absolute Gasteiger partial charge is 0.481 e. The molecule has 2 N–H and O–H groups in total. The highest BCUT2D eigenvalue weighted by Gasteiger charge is 2.30. The summed E-state index contributed by atoms with van der Waals surface area (Å²) >= 11 is 1.47. The first-order valence-corrected chi connectivity index (χ1v) is 8.35. The first kappa shape index (κ1) is 15.9. The molecule has 5 heteroatoms. The number of hydrogen-bond donors (Lipinski definition) is 2. The molecule has 1 saturated carbocycles. The summed E-state index contributed by atoms with van der Waals surface area (Å²) in [4.78, 5) is 24.4. The van der Waals surface area contributed by atoms with E-state index in [4.69, 9.17) is 0 Å². The monoisotopic (exact) mass is 307 g/mol. The zero-order chi connectivity index (χ0) is 15.1. The summed E-state index contributed by atoms with van der Waals surface area (Å²) in [5.74, 6) is -0.995. The molecule has 1 amide bonds. The molecule has 0 saturated heterocycles. The molecule has 1 aromatic rings. The van der Waals surface area contributed by atoms with Gasteiger partial charge in [0, 0.05) is 10.9 Å². The van der Waals surface area contributed by atoms with Gasteiger partial charge in [-0.1, -0.05) is 37.5 Å². The quantitative estimate of drug-likeness (QED) is 0.648. The zero-order valence-corrected chi connectivity index (χ0v) is 12.8. The topological polar surface area (TPSA) is 66.4 Å². The van der Waals surface area contributed by atoms with Crippen molar-refractivity contribution in [3.63, 3.8) is 0 Å². The molecule has 114 valence electrons. The van der Waals surface area contributed by atoms with Crippen LogP contribution in [0.25, 0.3) is 0 Å². The van der Waals surface area contributed by atoms with Gasteiger partial charge in [-0.2, -0.15) is 0 Å². The van der Waals surface area contributed by atoms with Gasteiger partial charge in [-0.3, -0.25) is 9.59 Å². The average molecular weight is 307 g/mol. The highest BCUT2D eigenvalue weighted by molar-refractivity contribution is 8.00. The first-order valence-electron chi connectivity index (χ1n) is 7.37. The number of amides is 1. The Morgan fingerprint density at radius 3 is 2.57 bits per heavy atom. The molecule has 0 aliphatic heterocycles. The van der Waals surface area contributed by atoms with Crippen molar-refractivity contribution in [3.8, 4) is 0 Å². The Morgan fingerprint density at radius 2 is 1.86 bits per heavy atom.